The second kappa shape index (κ2) is 7.22. The molecule has 3 nitrogen and oxygen atoms in total. The van der Waals surface area contributed by atoms with E-state index in [9.17, 15) is 4.79 Å². The number of hydrogen-bond donors (Lipinski definition) is 2. The maximum atomic E-state index is 12.0. The van der Waals surface area contributed by atoms with Crippen molar-refractivity contribution in [3.63, 3.8) is 0 Å². The molecule has 0 atom stereocenters. The summed E-state index contributed by atoms with van der Waals surface area (Å²) in [6.07, 6.45) is 10.2. The van der Waals surface area contributed by atoms with Gasteiger partial charge in [0.1, 0.15) is 0 Å². The van der Waals surface area contributed by atoms with Crippen molar-refractivity contribution in [3.8, 4) is 0 Å². The predicted octanol–water partition coefficient (Wildman–Crippen LogP) is 2.37. The highest BCUT2D eigenvalue weighted by Gasteiger charge is 2.25. The average molecular weight is 261 g/mol. The molecule has 0 heterocycles. The lowest BCUT2D eigenvalue weighted by atomic mass is 9.87. The van der Waals surface area contributed by atoms with Crippen molar-refractivity contribution in [1.29, 1.82) is 0 Å². The van der Waals surface area contributed by atoms with Crippen molar-refractivity contribution in [3.05, 3.63) is 0 Å². The quantitative estimate of drug-likeness (QED) is 0.801. The van der Waals surface area contributed by atoms with Crippen LogP contribution in [0, 0.1) is 5.92 Å². The molecule has 2 aliphatic rings. The van der Waals surface area contributed by atoms with Crippen LogP contribution in [0.5, 0.6) is 0 Å². The Morgan fingerprint density at radius 2 is 1.53 bits per heavy atom. The molecule has 0 aromatic rings. The highest BCUT2D eigenvalue weighted by Crippen LogP contribution is 2.24. The van der Waals surface area contributed by atoms with E-state index in [1.54, 1.807) is 0 Å². The van der Waals surface area contributed by atoms with Gasteiger partial charge in [0.2, 0.25) is 5.91 Å². The summed E-state index contributed by atoms with van der Waals surface area (Å²) in [7, 11) is 0. The molecule has 0 radical (unpaired) electrons. The molecule has 0 unspecified atom stereocenters. The van der Waals surface area contributed by atoms with Gasteiger partial charge in [0, 0.05) is 18.0 Å². The van der Waals surface area contributed by atoms with Crippen LogP contribution in [0.4, 0.5) is 0 Å². The first-order valence-corrected chi connectivity index (χ1v) is 6.81. The lowest BCUT2D eigenvalue weighted by Crippen LogP contribution is -2.43. The summed E-state index contributed by atoms with van der Waals surface area (Å²) in [5, 5.41) is 3.21. The maximum Gasteiger partial charge on any atom is 0.223 e. The van der Waals surface area contributed by atoms with Gasteiger partial charge in [-0.1, -0.05) is 19.3 Å². The van der Waals surface area contributed by atoms with Crippen LogP contribution in [0.3, 0.4) is 0 Å². The fourth-order valence-electron chi connectivity index (χ4n) is 2.95. The SMILES string of the molecule is Cl.NC1CCC(NC(=O)C2CCCCC2)CC1. The first-order chi connectivity index (χ1) is 7.75. The number of carbonyl (C=O) groups is 1. The lowest BCUT2D eigenvalue weighted by Gasteiger charge is -2.29. The smallest absolute Gasteiger partial charge is 0.223 e. The Morgan fingerprint density at radius 3 is 2.12 bits per heavy atom. The molecule has 100 valence electrons. The molecule has 0 aromatic carbocycles. The van der Waals surface area contributed by atoms with Crippen LogP contribution >= 0.6 is 12.4 Å². The predicted molar refractivity (Wildman–Crippen MR) is 72.2 cm³/mol. The van der Waals surface area contributed by atoms with Crippen molar-refractivity contribution >= 4 is 18.3 Å². The number of hydrogen-bond acceptors (Lipinski definition) is 2. The van der Waals surface area contributed by atoms with Crippen LogP contribution in [0.1, 0.15) is 57.8 Å². The molecule has 2 fully saturated rings. The fraction of sp³-hybridized carbons (Fsp3) is 0.923. The molecule has 0 saturated heterocycles. The van der Waals surface area contributed by atoms with E-state index in [2.05, 4.69) is 5.32 Å². The Balaban J connectivity index is 0.00000144. The van der Waals surface area contributed by atoms with Gasteiger partial charge in [-0.3, -0.25) is 4.79 Å². The monoisotopic (exact) mass is 260 g/mol. The fourth-order valence-corrected chi connectivity index (χ4v) is 2.95. The number of halogens is 1. The molecule has 0 aromatic heterocycles. The molecule has 2 saturated carbocycles. The number of nitrogens with one attached hydrogen (secondary N) is 1. The minimum Gasteiger partial charge on any atom is -0.353 e. The van der Waals surface area contributed by atoms with E-state index in [-0.39, 0.29) is 12.4 Å². The van der Waals surface area contributed by atoms with Gasteiger partial charge < -0.3 is 11.1 Å². The van der Waals surface area contributed by atoms with Crippen molar-refractivity contribution < 1.29 is 4.79 Å². The summed E-state index contributed by atoms with van der Waals surface area (Å²) in [4.78, 5) is 12.0. The second-order valence-corrected chi connectivity index (χ2v) is 5.46. The van der Waals surface area contributed by atoms with E-state index in [4.69, 9.17) is 5.73 Å². The molecule has 0 bridgehead atoms. The molecule has 2 aliphatic carbocycles. The Kier molecular flexibility index (Phi) is 6.28. The van der Waals surface area contributed by atoms with Gasteiger partial charge in [0.15, 0.2) is 0 Å². The van der Waals surface area contributed by atoms with Crippen molar-refractivity contribution in [1.82, 2.24) is 5.32 Å². The van der Waals surface area contributed by atoms with Crippen LogP contribution in [-0.2, 0) is 4.79 Å². The minimum atomic E-state index is 0. The van der Waals surface area contributed by atoms with Crippen LogP contribution in [0.25, 0.3) is 0 Å². The summed E-state index contributed by atoms with van der Waals surface area (Å²) in [6, 6.07) is 0.761. The molecular formula is C13H25ClN2O. The summed E-state index contributed by atoms with van der Waals surface area (Å²) in [6.45, 7) is 0. The van der Waals surface area contributed by atoms with Crippen molar-refractivity contribution in [2.45, 2.75) is 69.9 Å². The summed E-state index contributed by atoms with van der Waals surface area (Å²) in [5.41, 5.74) is 5.86. The highest BCUT2D eigenvalue weighted by molar-refractivity contribution is 5.85. The van der Waals surface area contributed by atoms with Gasteiger partial charge in [-0.05, 0) is 38.5 Å². The van der Waals surface area contributed by atoms with Crippen molar-refractivity contribution in [2.24, 2.45) is 11.7 Å². The maximum absolute atomic E-state index is 12.0. The first-order valence-electron chi connectivity index (χ1n) is 6.81. The van der Waals surface area contributed by atoms with Crippen LogP contribution in [0.2, 0.25) is 0 Å². The van der Waals surface area contributed by atoms with Crippen molar-refractivity contribution in [2.75, 3.05) is 0 Å². The second-order valence-electron chi connectivity index (χ2n) is 5.46. The van der Waals surface area contributed by atoms with E-state index in [1.165, 1.54) is 19.3 Å². The molecule has 0 aliphatic heterocycles. The Labute approximate surface area is 110 Å². The van der Waals surface area contributed by atoms with Gasteiger partial charge in [-0.15, -0.1) is 12.4 Å². The number of rotatable bonds is 2. The van der Waals surface area contributed by atoms with Crippen LogP contribution < -0.4 is 11.1 Å². The standard InChI is InChI=1S/C13H24N2O.ClH/c14-11-6-8-12(9-7-11)15-13(16)10-4-2-1-3-5-10;/h10-12H,1-9,14H2,(H,15,16);1H. The molecule has 17 heavy (non-hydrogen) atoms. The summed E-state index contributed by atoms with van der Waals surface area (Å²) >= 11 is 0. The average Bonchev–Trinajstić information content (AvgIpc) is 2.33. The first kappa shape index (κ1) is 14.8. The third-order valence-electron chi connectivity index (χ3n) is 4.09. The zero-order valence-electron chi connectivity index (χ0n) is 10.5. The van der Waals surface area contributed by atoms with Gasteiger partial charge in [0.05, 0.1) is 0 Å². The van der Waals surface area contributed by atoms with E-state index in [1.807, 2.05) is 0 Å². The Bertz CT molecular complexity index is 234. The zero-order valence-corrected chi connectivity index (χ0v) is 11.3. The molecule has 3 N–H and O–H groups in total. The number of carbonyl (C=O) groups excluding carboxylic acids is 1. The minimum absolute atomic E-state index is 0. The highest BCUT2D eigenvalue weighted by atomic mass is 35.5. The largest absolute Gasteiger partial charge is 0.353 e. The van der Waals surface area contributed by atoms with Gasteiger partial charge >= 0.3 is 0 Å². The molecule has 2 rings (SSSR count). The van der Waals surface area contributed by atoms with E-state index in [0.29, 0.717) is 23.9 Å². The van der Waals surface area contributed by atoms with Crippen LogP contribution in [-0.4, -0.2) is 18.0 Å². The topological polar surface area (TPSA) is 55.1 Å². The zero-order chi connectivity index (χ0) is 11.4. The van der Waals surface area contributed by atoms with Gasteiger partial charge in [0.25, 0.3) is 0 Å². The van der Waals surface area contributed by atoms with Crippen LogP contribution in [0.15, 0.2) is 0 Å². The normalized spacial score (nSPS) is 30.4. The Morgan fingerprint density at radius 1 is 0.941 bits per heavy atom. The lowest BCUT2D eigenvalue weighted by molar-refractivity contribution is -0.126. The number of nitrogens with two attached hydrogens (primary N) is 1. The molecular weight excluding hydrogens is 236 g/mol. The van der Waals surface area contributed by atoms with E-state index in [0.717, 1.165) is 38.5 Å². The Hall–Kier alpha value is -0.280. The summed E-state index contributed by atoms with van der Waals surface area (Å²) in [5.74, 6) is 0.601. The molecule has 1 amide bonds. The van der Waals surface area contributed by atoms with E-state index < -0.39 is 0 Å². The third kappa shape index (κ3) is 4.47. The molecule has 4 heteroatoms. The third-order valence-corrected chi connectivity index (χ3v) is 4.09. The van der Waals surface area contributed by atoms with Gasteiger partial charge in [-0.25, -0.2) is 0 Å². The molecule has 0 spiro atoms. The van der Waals surface area contributed by atoms with E-state index >= 15 is 0 Å². The van der Waals surface area contributed by atoms with Gasteiger partial charge in [-0.2, -0.15) is 0 Å². The summed E-state index contributed by atoms with van der Waals surface area (Å²) < 4.78 is 0. The number of amides is 1.